The van der Waals surface area contributed by atoms with Gasteiger partial charge in [0.05, 0.1) is 11.7 Å². The molecule has 2 aromatic rings. The average Bonchev–Trinajstić information content (AvgIpc) is 3.14. The van der Waals surface area contributed by atoms with Crippen molar-refractivity contribution < 1.29 is 13.2 Å². The number of anilines is 1. The molecular formula is C18H25N3O3S2. The number of benzene rings is 1. The van der Waals surface area contributed by atoms with Crippen LogP contribution in [0.25, 0.3) is 0 Å². The Kier molecular flexibility index (Phi) is 7.19. The van der Waals surface area contributed by atoms with Crippen LogP contribution in [-0.4, -0.2) is 39.3 Å². The standard InChI is InChI=1S/C18H25N3O3S2/c1-4-9-16(17-12-8-13-25-17)19-18(22)14-21(26(23,24)20(2)3)15-10-6-5-7-11-15/h5-8,10-13,16H,4,9,14H2,1-3H3,(H,19,22)/t16-/m0/s1. The van der Waals surface area contributed by atoms with E-state index in [-0.39, 0.29) is 18.5 Å². The highest BCUT2D eigenvalue weighted by Gasteiger charge is 2.28. The summed E-state index contributed by atoms with van der Waals surface area (Å²) >= 11 is 1.58. The van der Waals surface area contributed by atoms with Crippen LogP contribution in [0.15, 0.2) is 47.8 Å². The molecule has 0 aliphatic heterocycles. The maximum Gasteiger partial charge on any atom is 0.304 e. The summed E-state index contributed by atoms with van der Waals surface area (Å²) in [5, 5.41) is 4.95. The SMILES string of the molecule is CCC[C@H](NC(=O)CN(c1ccccc1)S(=O)(=O)N(C)C)c1cccs1. The number of hydrogen-bond donors (Lipinski definition) is 1. The fourth-order valence-electron chi connectivity index (χ4n) is 2.53. The van der Waals surface area contributed by atoms with Crippen molar-refractivity contribution in [3.63, 3.8) is 0 Å². The first-order valence-electron chi connectivity index (χ1n) is 8.44. The van der Waals surface area contributed by atoms with Crippen molar-refractivity contribution in [2.45, 2.75) is 25.8 Å². The molecule has 0 saturated carbocycles. The number of para-hydroxylation sites is 1. The molecule has 0 radical (unpaired) electrons. The second kappa shape index (κ2) is 9.16. The number of carbonyl (C=O) groups excluding carboxylic acids is 1. The van der Waals surface area contributed by atoms with Gasteiger partial charge >= 0.3 is 10.2 Å². The van der Waals surface area contributed by atoms with E-state index in [1.165, 1.54) is 14.1 Å². The van der Waals surface area contributed by atoms with Crippen LogP contribution in [-0.2, 0) is 15.0 Å². The summed E-state index contributed by atoms with van der Waals surface area (Å²) in [6.07, 6.45) is 1.72. The molecule has 6 nitrogen and oxygen atoms in total. The van der Waals surface area contributed by atoms with E-state index in [1.54, 1.807) is 41.7 Å². The van der Waals surface area contributed by atoms with Crippen molar-refractivity contribution in [2.24, 2.45) is 0 Å². The lowest BCUT2D eigenvalue weighted by molar-refractivity contribution is -0.120. The molecule has 1 heterocycles. The van der Waals surface area contributed by atoms with Crippen molar-refractivity contribution >= 4 is 33.1 Å². The first kappa shape index (κ1) is 20.4. The molecular weight excluding hydrogens is 370 g/mol. The van der Waals surface area contributed by atoms with Crippen LogP contribution in [0.3, 0.4) is 0 Å². The van der Waals surface area contributed by atoms with Crippen LogP contribution in [0, 0.1) is 0 Å². The maximum absolute atomic E-state index is 12.7. The summed E-state index contributed by atoms with van der Waals surface area (Å²) in [4.78, 5) is 13.7. The van der Waals surface area contributed by atoms with E-state index >= 15 is 0 Å². The van der Waals surface area contributed by atoms with Crippen LogP contribution in [0.4, 0.5) is 5.69 Å². The summed E-state index contributed by atoms with van der Waals surface area (Å²) in [6.45, 7) is 1.79. The summed E-state index contributed by atoms with van der Waals surface area (Å²) in [5.74, 6) is -0.328. The van der Waals surface area contributed by atoms with Gasteiger partial charge in [-0.05, 0) is 30.0 Å². The first-order valence-corrected chi connectivity index (χ1v) is 10.7. The van der Waals surface area contributed by atoms with E-state index in [0.717, 1.165) is 26.3 Å². The molecule has 8 heteroatoms. The number of nitrogens with one attached hydrogen (secondary N) is 1. The molecule has 0 fully saturated rings. The van der Waals surface area contributed by atoms with E-state index in [1.807, 2.05) is 17.5 Å². The van der Waals surface area contributed by atoms with Gasteiger partial charge in [-0.15, -0.1) is 11.3 Å². The zero-order valence-corrected chi connectivity index (χ0v) is 16.9. The van der Waals surface area contributed by atoms with Gasteiger partial charge in [-0.3, -0.25) is 4.79 Å². The molecule has 0 aliphatic carbocycles. The second-order valence-electron chi connectivity index (χ2n) is 6.06. The minimum atomic E-state index is -3.78. The van der Waals surface area contributed by atoms with Crippen molar-refractivity contribution in [1.29, 1.82) is 0 Å². The average molecular weight is 396 g/mol. The van der Waals surface area contributed by atoms with E-state index < -0.39 is 10.2 Å². The topological polar surface area (TPSA) is 69.7 Å². The predicted molar refractivity (Wildman–Crippen MR) is 107 cm³/mol. The largest absolute Gasteiger partial charge is 0.347 e. The van der Waals surface area contributed by atoms with Crippen LogP contribution in [0.2, 0.25) is 0 Å². The van der Waals surface area contributed by atoms with Gasteiger partial charge in [0.2, 0.25) is 5.91 Å². The minimum Gasteiger partial charge on any atom is -0.347 e. The van der Waals surface area contributed by atoms with Crippen LogP contribution < -0.4 is 9.62 Å². The zero-order chi connectivity index (χ0) is 19.2. The van der Waals surface area contributed by atoms with Gasteiger partial charge in [0, 0.05) is 19.0 Å². The molecule has 1 N–H and O–H groups in total. The molecule has 1 atom stereocenters. The summed E-state index contributed by atoms with van der Waals surface area (Å²) in [5.41, 5.74) is 0.458. The third-order valence-electron chi connectivity index (χ3n) is 3.87. The summed E-state index contributed by atoms with van der Waals surface area (Å²) < 4.78 is 27.6. The zero-order valence-electron chi connectivity index (χ0n) is 15.3. The second-order valence-corrected chi connectivity index (χ2v) is 9.10. The Morgan fingerprint density at radius 3 is 2.38 bits per heavy atom. The predicted octanol–water partition coefficient (Wildman–Crippen LogP) is 3.02. The van der Waals surface area contributed by atoms with Gasteiger partial charge < -0.3 is 5.32 Å². The van der Waals surface area contributed by atoms with Gasteiger partial charge in [-0.2, -0.15) is 12.7 Å². The third-order valence-corrected chi connectivity index (χ3v) is 6.68. The number of rotatable bonds is 9. The van der Waals surface area contributed by atoms with Gasteiger partial charge in [-0.25, -0.2) is 4.31 Å². The van der Waals surface area contributed by atoms with Gasteiger partial charge in [0.25, 0.3) is 0 Å². The van der Waals surface area contributed by atoms with Crippen molar-refractivity contribution in [1.82, 2.24) is 9.62 Å². The quantitative estimate of drug-likeness (QED) is 0.709. The van der Waals surface area contributed by atoms with Gasteiger partial charge in [-0.1, -0.05) is 37.6 Å². The lowest BCUT2D eigenvalue weighted by Gasteiger charge is -2.27. The van der Waals surface area contributed by atoms with Crippen LogP contribution in [0.5, 0.6) is 0 Å². The molecule has 0 aliphatic rings. The Morgan fingerprint density at radius 1 is 1.15 bits per heavy atom. The highest BCUT2D eigenvalue weighted by molar-refractivity contribution is 7.90. The third kappa shape index (κ3) is 5.06. The number of thiophene rings is 1. The van der Waals surface area contributed by atoms with Gasteiger partial charge in [0.15, 0.2) is 0 Å². The van der Waals surface area contributed by atoms with Crippen LogP contribution >= 0.6 is 11.3 Å². The first-order chi connectivity index (χ1) is 12.4. The molecule has 26 heavy (non-hydrogen) atoms. The molecule has 0 saturated heterocycles. The fraction of sp³-hybridized carbons (Fsp3) is 0.389. The molecule has 142 valence electrons. The Morgan fingerprint density at radius 2 is 1.85 bits per heavy atom. The number of carbonyl (C=O) groups is 1. The van der Waals surface area contributed by atoms with Crippen molar-refractivity contribution in [3.05, 3.63) is 52.7 Å². The minimum absolute atomic E-state index is 0.104. The highest BCUT2D eigenvalue weighted by Crippen LogP contribution is 2.24. The van der Waals surface area contributed by atoms with E-state index in [9.17, 15) is 13.2 Å². The number of hydrogen-bond acceptors (Lipinski definition) is 4. The van der Waals surface area contributed by atoms with Gasteiger partial charge in [0.1, 0.15) is 6.54 Å². The van der Waals surface area contributed by atoms with Crippen molar-refractivity contribution in [2.75, 3.05) is 24.9 Å². The van der Waals surface area contributed by atoms with E-state index in [2.05, 4.69) is 12.2 Å². The van der Waals surface area contributed by atoms with E-state index in [4.69, 9.17) is 0 Å². The fourth-order valence-corrected chi connectivity index (χ4v) is 4.41. The lowest BCUT2D eigenvalue weighted by Crippen LogP contribution is -2.46. The Labute approximate surface area is 159 Å². The normalized spacial score (nSPS) is 12.8. The molecule has 0 unspecified atom stereocenters. The lowest BCUT2D eigenvalue weighted by atomic mass is 10.1. The Hall–Kier alpha value is -1.90. The molecule has 0 bridgehead atoms. The smallest absolute Gasteiger partial charge is 0.304 e. The molecule has 0 spiro atoms. The summed E-state index contributed by atoms with van der Waals surface area (Å²) in [6, 6.07) is 12.5. The number of nitrogens with zero attached hydrogens (tertiary/aromatic N) is 2. The Balaban J connectivity index is 2.21. The molecule has 1 amide bonds. The maximum atomic E-state index is 12.7. The summed E-state index contributed by atoms with van der Waals surface area (Å²) in [7, 11) is -0.874. The molecule has 1 aromatic heterocycles. The monoisotopic (exact) mass is 395 g/mol. The highest BCUT2D eigenvalue weighted by atomic mass is 32.2. The Bertz CT molecular complexity index is 790. The van der Waals surface area contributed by atoms with Crippen LogP contribution in [0.1, 0.15) is 30.7 Å². The molecule has 2 rings (SSSR count). The van der Waals surface area contributed by atoms with Crippen molar-refractivity contribution in [3.8, 4) is 0 Å². The van der Waals surface area contributed by atoms with E-state index in [0.29, 0.717) is 5.69 Å². The number of amides is 1. The molecule has 1 aromatic carbocycles.